The molecule has 0 radical (unpaired) electrons. The van der Waals surface area contributed by atoms with E-state index < -0.39 is 5.97 Å². The molecule has 1 unspecified atom stereocenters. The van der Waals surface area contributed by atoms with Crippen LogP contribution in [-0.2, 0) is 4.79 Å². The predicted octanol–water partition coefficient (Wildman–Crippen LogP) is 2.22. The number of rotatable bonds is 2. The zero-order chi connectivity index (χ0) is 11.1. The Morgan fingerprint density at radius 1 is 1.43 bits per heavy atom. The number of aliphatic carboxylic acids is 1. The molecule has 1 heterocycles. The van der Waals surface area contributed by atoms with Gasteiger partial charge in [-0.1, -0.05) is 13.8 Å². The summed E-state index contributed by atoms with van der Waals surface area (Å²) >= 11 is 0. The van der Waals surface area contributed by atoms with Gasteiger partial charge in [0, 0.05) is 12.6 Å². The molecule has 1 fully saturated rings. The van der Waals surface area contributed by atoms with Crippen molar-refractivity contribution < 1.29 is 9.90 Å². The summed E-state index contributed by atoms with van der Waals surface area (Å²) in [5.41, 5.74) is 0. The average molecular weight is 201 g/mol. The number of likely N-dealkylation sites (tertiary alicyclic amines) is 1. The Morgan fingerprint density at radius 2 is 2.00 bits per heavy atom. The van der Waals surface area contributed by atoms with Gasteiger partial charge in [-0.3, -0.25) is 4.79 Å². The Hall–Kier alpha value is -0.570. The third-order valence-electron chi connectivity index (χ3n) is 2.53. The van der Waals surface area contributed by atoms with E-state index in [4.69, 9.17) is 5.11 Å². The molecule has 0 amide bonds. The molecule has 0 aromatic rings. The van der Waals surface area contributed by atoms with E-state index in [1.54, 1.807) is 0 Å². The molecule has 1 N–H and O–H groups in total. The molecule has 1 aliphatic rings. The monoisotopic (exact) mass is 201 g/mol. The van der Waals surface area contributed by atoms with Crippen LogP contribution in [0.15, 0.2) is 0 Å². The van der Waals surface area contributed by atoms with Crippen molar-refractivity contribution >= 4 is 5.97 Å². The lowest BCUT2D eigenvalue weighted by Crippen LogP contribution is -2.42. The van der Waals surface area contributed by atoms with E-state index in [9.17, 15) is 4.79 Å². The molecule has 1 rings (SSSR count). The molecular weight excluding hydrogens is 178 g/mol. The van der Waals surface area contributed by atoms with Gasteiger partial charge in [-0.25, -0.2) is 0 Å². The average Bonchev–Trinajstić information content (AvgIpc) is 2.21. The van der Waals surface area contributed by atoms with E-state index in [1.807, 2.05) is 13.8 Å². The third-order valence-corrected chi connectivity index (χ3v) is 2.53. The Kier molecular flexibility index (Phi) is 6.54. The van der Waals surface area contributed by atoms with E-state index >= 15 is 0 Å². The van der Waals surface area contributed by atoms with Crippen LogP contribution in [0.25, 0.3) is 0 Å². The second-order valence-electron chi connectivity index (χ2n) is 3.77. The summed E-state index contributed by atoms with van der Waals surface area (Å²) in [6.45, 7) is 10.0. The van der Waals surface area contributed by atoms with Crippen molar-refractivity contribution in [2.75, 3.05) is 13.1 Å². The van der Waals surface area contributed by atoms with Crippen LogP contribution in [-0.4, -0.2) is 35.1 Å². The molecule has 14 heavy (non-hydrogen) atoms. The van der Waals surface area contributed by atoms with Crippen molar-refractivity contribution in [2.24, 2.45) is 5.92 Å². The molecule has 84 valence electrons. The van der Waals surface area contributed by atoms with Crippen molar-refractivity contribution in [2.45, 2.75) is 46.6 Å². The maximum absolute atomic E-state index is 10.7. The third kappa shape index (κ3) is 4.09. The maximum Gasteiger partial charge on any atom is 0.307 e. The highest BCUT2D eigenvalue weighted by molar-refractivity contribution is 5.70. The van der Waals surface area contributed by atoms with Gasteiger partial charge < -0.3 is 10.0 Å². The molecule has 1 aliphatic heterocycles. The minimum Gasteiger partial charge on any atom is -0.481 e. The quantitative estimate of drug-likeness (QED) is 0.744. The lowest BCUT2D eigenvalue weighted by Gasteiger charge is -2.33. The van der Waals surface area contributed by atoms with Gasteiger partial charge in [-0.15, -0.1) is 0 Å². The number of carboxylic acids is 1. The van der Waals surface area contributed by atoms with Gasteiger partial charge in [-0.2, -0.15) is 0 Å². The smallest absolute Gasteiger partial charge is 0.307 e. The first-order valence-corrected chi connectivity index (χ1v) is 5.58. The fourth-order valence-electron chi connectivity index (χ4n) is 1.68. The van der Waals surface area contributed by atoms with Crippen LogP contribution < -0.4 is 0 Å². The second kappa shape index (κ2) is 6.82. The van der Waals surface area contributed by atoms with Crippen molar-refractivity contribution in [3.05, 3.63) is 0 Å². The number of nitrogens with zero attached hydrogens (tertiary/aromatic N) is 1. The van der Waals surface area contributed by atoms with Crippen molar-refractivity contribution in [1.29, 1.82) is 0 Å². The maximum atomic E-state index is 10.7. The van der Waals surface area contributed by atoms with E-state index in [0.717, 1.165) is 25.9 Å². The summed E-state index contributed by atoms with van der Waals surface area (Å²) < 4.78 is 0. The van der Waals surface area contributed by atoms with Crippen LogP contribution in [0.4, 0.5) is 0 Å². The summed E-state index contributed by atoms with van der Waals surface area (Å²) in [4.78, 5) is 12.9. The number of hydrogen-bond acceptors (Lipinski definition) is 2. The number of piperidine rings is 1. The summed E-state index contributed by atoms with van der Waals surface area (Å²) in [7, 11) is 0. The van der Waals surface area contributed by atoms with E-state index in [-0.39, 0.29) is 5.92 Å². The number of carbonyl (C=O) groups is 1. The van der Waals surface area contributed by atoms with Crippen LogP contribution >= 0.6 is 0 Å². The molecule has 0 bridgehead atoms. The fourth-order valence-corrected chi connectivity index (χ4v) is 1.68. The molecule has 0 spiro atoms. The summed E-state index contributed by atoms with van der Waals surface area (Å²) in [6.07, 6.45) is 1.87. The highest BCUT2D eigenvalue weighted by Crippen LogP contribution is 2.18. The van der Waals surface area contributed by atoms with E-state index in [0.29, 0.717) is 6.04 Å². The van der Waals surface area contributed by atoms with E-state index in [2.05, 4.69) is 18.7 Å². The topological polar surface area (TPSA) is 40.5 Å². The highest BCUT2D eigenvalue weighted by atomic mass is 16.4. The molecule has 1 atom stereocenters. The van der Waals surface area contributed by atoms with Gasteiger partial charge in [0.1, 0.15) is 0 Å². The summed E-state index contributed by atoms with van der Waals surface area (Å²) in [6, 6.07) is 0.479. The zero-order valence-corrected chi connectivity index (χ0v) is 9.79. The van der Waals surface area contributed by atoms with E-state index in [1.165, 1.54) is 0 Å². The first-order valence-electron chi connectivity index (χ1n) is 5.58. The molecule has 3 nitrogen and oxygen atoms in total. The minimum absolute atomic E-state index is 0.138. The van der Waals surface area contributed by atoms with Crippen LogP contribution in [0.3, 0.4) is 0 Å². The Bertz CT molecular complexity index is 169. The molecule has 1 saturated heterocycles. The Balaban J connectivity index is 0.000000791. The van der Waals surface area contributed by atoms with Gasteiger partial charge in [0.15, 0.2) is 0 Å². The van der Waals surface area contributed by atoms with Crippen molar-refractivity contribution in [3.8, 4) is 0 Å². The van der Waals surface area contributed by atoms with Crippen LogP contribution in [0, 0.1) is 5.92 Å². The minimum atomic E-state index is -0.639. The molecule has 0 aliphatic carbocycles. The molecule has 3 heteroatoms. The fraction of sp³-hybridized carbons (Fsp3) is 0.909. The SMILES string of the molecule is CC.CC(C)N1CCCC(C(=O)O)C1. The summed E-state index contributed by atoms with van der Waals surface area (Å²) in [5, 5.41) is 8.81. The lowest BCUT2D eigenvalue weighted by atomic mass is 9.97. The largest absolute Gasteiger partial charge is 0.481 e. The lowest BCUT2D eigenvalue weighted by molar-refractivity contribution is -0.143. The van der Waals surface area contributed by atoms with Gasteiger partial charge in [-0.05, 0) is 33.2 Å². The Labute approximate surface area is 87.1 Å². The van der Waals surface area contributed by atoms with Gasteiger partial charge >= 0.3 is 5.97 Å². The van der Waals surface area contributed by atoms with Crippen molar-refractivity contribution in [3.63, 3.8) is 0 Å². The number of hydrogen-bond donors (Lipinski definition) is 1. The molecule has 0 saturated carbocycles. The van der Waals surface area contributed by atoms with Crippen LogP contribution in [0.1, 0.15) is 40.5 Å². The second-order valence-corrected chi connectivity index (χ2v) is 3.77. The predicted molar refractivity (Wildman–Crippen MR) is 58.4 cm³/mol. The highest BCUT2D eigenvalue weighted by Gasteiger charge is 2.26. The normalized spacial score (nSPS) is 22.8. The number of carboxylic acid groups (broad SMARTS) is 1. The van der Waals surface area contributed by atoms with Gasteiger partial charge in [0.2, 0.25) is 0 Å². The van der Waals surface area contributed by atoms with Crippen LogP contribution in [0.5, 0.6) is 0 Å². The Morgan fingerprint density at radius 3 is 2.43 bits per heavy atom. The molecule has 0 aromatic carbocycles. The molecule has 0 aromatic heterocycles. The first kappa shape index (κ1) is 13.4. The zero-order valence-electron chi connectivity index (χ0n) is 9.79. The van der Waals surface area contributed by atoms with Crippen molar-refractivity contribution in [1.82, 2.24) is 4.90 Å². The standard InChI is InChI=1S/C9H17NO2.C2H6/c1-7(2)10-5-3-4-8(6-10)9(11)12;1-2/h7-8H,3-6H2,1-2H3,(H,11,12);1-2H3. The molecular formula is C11H23NO2. The van der Waals surface area contributed by atoms with Crippen LogP contribution in [0.2, 0.25) is 0 Å². The summed E-state index contributed by atoms with van der Waals surface area (Å²) in [5.74, 6) is -0.776. The first-order chi connectivity index (χ1) is 6.61. The van der Waals surface area contributed by atoms with Gasteiger partial charge in [0.25, 0.3) is 0 Å². The van der Waals surface area contributed by atoms with Gasteiger partial charge in [0.05, 0.1) is 5.92 Å².